The zero-order valence-electron chi connectivity index (χ0n) is 10.5. The van der Waals surface area contributed by atoms with Crippen LogP contribution in [0, 0.1) is 5.82 Å². The van der Waals surface area contributed by atoms with Crippen LogP contribution in [0.3, 0.4) is 0 Å². The summed E-state index contributed by atoms with van der Waals surface area (Å²) in [5.41, 5.74) is 1.64. The number of rotatable bonds is 2. The number of nitrogens with one attached hydrogen (secondary N) is 1. The normalized spacial score (nSPS) is 18.1. The molecular formula is C14H18FN3. The lowest BCUT2D eigenvalue weighted by Crippen LogP contribution is -2.24. The summed E-state index contributed by atoms with van der Waals surface area (Å²) in [5, 5.41) is 0. The van der Waals surface area contributed by atoms with Gasteiger partial charge in [-0.2, -0.15) is 0 Å². The minimum absolute atomic E-state index is 0.215. The molecule has 0 spiro atoms. The third-order valence-electron chi connectivity index (χ3n) is 3.57. The van der Waals surface area contributed by atoms with Crippen LogP contribution in [-0.4, -0.2) is 28.0 Å². The van der Waals surface area contributed by atoms with E-state index in [-0.39, 0.29) is 5.82 Å². The van der Waals surface area contributed by atoms with Gasteiger partial charge in [-0.15, -0.1) is 0 Å². The molecule has 0 amide bonds. The highest BCUT2D eigenvalue weighted by Gasteiger charge is 2.11. The van der Waals surface area contributed by atoms with Gasteiger partial charge in [0.2, 0.25) is 0 Å². The van der Waals surface area contributed by atoms with E-state index < -0.39 is 0 Å². The number of aromatic nitrogens is 2. The number of imidazole rings is 1. The van der Waals surface area contributed by atoms with Crippen molar-refractivity contribution in [2.75, 3.05) is 13.1 Å². The standard InChI is InChI=1S/C14H18FN3/c15-11-5-6-12-13(9-11)17-14(16-12)10-18-7-3-1-2-4-8-18/h5-6,9H,1-4,7-8,10H2,(H,16,17). The van der Waals surface area contributed by atoms with Crippen LogP contribution in [-0.2, 0) is 6.54 Å². The van der Waals surface area contributed by atoms with E-state index in [2.05, 4.69) is 14.9 Å². The highest BCUT2D eigenvalue weighted by atomic mass is 19.1. The number of aromatic amines is 1. The van der Waals surface area contributed by atoms with Gasteiger partial charge in [0, 0.05) is 0 Å². The fourth-order valence-corrected chi connectivity index (χ4v) is 2.62. The van der Waals surface area contributed by atoms with Crippen LogP contribution in [0.25, 0.3) is 11.0 Å². The molecule has 1 aromatic heterocycles. The van der Waals surface area contributed by atoms with E-state index in [9.17, 15) is 4.39 Å². The summed E-state index contributed by atoms with van der Waals surface area (Å²) in [4.78, 5) is 10.2. The van der Waals surface area contributed by atoms with Crippen molar-refractivity contribution in [1.29, 1.82) is 0 Å². The maximum Gasteiger partial charge on any atom is 0.125 e. The van der Waals surface area contributed by atoms with Gasteiger partial charge >= 0.3 is 0 Å². The smallest absolute Gasteiger partial charge is 0.125 e. The molecule has 1 fully saturated rings. The van der Waals surface area contributed by atoms with E-state index >= 15 is 0 Å². The summed E-state index contributed by atoms with van der Waals surface area (Å²) in [7, 11) is 0. The Bertz CT molecular complexity index is 527. The largest absolute Gasteiger partial charge is 0.341 e. The highest BCUT2D eigenvalue weighted by molar-refractivity contribution is 5.74. The molecular weight excluding hydrogens is 229 g/mol. The first kappa shape index (κ1) is 11.7. The van der Waals surface area contributed by atoms with Gasteiger partial charge in [0.25, 0.3) is 0 Å². The van der Waals surface area contributed by atoms with Crippen molar-refractivity contribution in [2.24, 2.45) is 0 Å². The third-order valence-corrected chi connectivity index (χ3v) is 3.57. The Morgan fingerprint density at radius 2 is 1.94 bits per heavy atom. The maximum atomic E-state index is 13.1. The topological polar surface area (TPSA) is 31.9 Å². The molecule has 4 heteroatoms. The minimum atomic E-state index is -0.215. The summed E-state index contributed by atoms with van der Waals surface area (Å²) in [5.74, 6) is 0.727. The van der Waals surface area contributed by atoms with Gasteiger partial charge in [0.15, 0.2) is 0 Å². The van der Waals surface area contributed by atoms with Crippen LogP contribution in [0.2, 0.25) is 0 Å². The zero-order valence-corrected chi connectivity index (χ0v) is 10.5. The molecule has 0 radical (unpaired) electrons. The number of fused-ring (bicyclic) bond motifs is 1. The first-order valence-electron chi connectivity index (χ1n) is 6.68. The molecule has 3 nitrogen and oxygen atoms in total. The number of benzene rings is 1. The van der Waals surface area contributed by atoms with E-state index in [1.165, 1.54) is 37.8 Å². The maximum absolute atomic E-state index is 13.1. The lowest BCUT2D eigenvalue weighted by atomic mass is 10.2. The molecule has 3 rings (SSSR count). The number of hydrogen-bond acceptors (Lipinski definition) is 2. The van der Waals surface area contributed by atoms with E-state index in [0.717, 1.165) is 36.5 Å². The summed E-state index contributed by atoms with van der Waals surface area (Å²) in [6.45, 7) is 3.13. The van der Waals surface area contributed by atoms with E-state index in [0.29, 0.717) is 0 Å². The van der Waals surface area contributed by atoms with Gasteiger partial charge < -0.3 is 4.98 Å². The Morgan fingerprint density at radius 1 is 1.17 bits per heavy atom. The third kappa shape index (κ3) is 2.53. The molecule has 0 unspecified atom stereocenters. The zero-order chi connectivity index (χ0) is 12.4. The Kier molecular flexibility index (Phi) is 3.28. The predicted molar refractivity (Wildman–Crippen MR) is 69.8 cm³/mol. The van der Waals surface area contributed by atoms with Crippen LogP contribution in [0.15, 0.2) is 18.2 Å². The van der Waals surface area contributed by atoms with E-state index in [1.54, 1.807) is 6.07 Å². The molecule has 1 aliphatic rings. The molecule has 0 bridgehead atoms. The van der Waals surface area contributed by atoms with Crippen LogP contribution in [0.5, 0.6) is 0 Å². The first-order chi connectivity index (χ1) is 8.81. The fraction of sp³-hybridized carbons (Fsp3) is 0.500. The van der Waals surface area contributed by atoms with Crippen LogP contribution in [0.1, 0.15) is 31.5 Å². The number of nitrogens with zero attached hydrogens (tertiary/aromatic N) is 2. The van der Waals surface area contributed by atoms with Gasteiger partial charge in [-0.05, 0) is 44.1 Å². The molecule has 1 N–H and O–H groups in total. The molecule has 0 atom stereocenters. The van der Waals surface area contributed by atoms with Gasteiger partial charge in [0.1, 0.15) is 11.6 Å². The van der Waals surface area contributed by atoms with Crippen molar-refractivity contribution < 1.29 is 4.39 Å². The minimum Gasteiger partial charge on any atom is -0.341 e. The predicted octanol–water partition coefficient (Wildman–Crippen LogP) is 3.08. The van der Waals surface area contributed by atoms with Gasteiger partial charge in [0.05, 0.1) is 17.6 Å². The monoisotopic (exact) mass is 247 g/mol. The molecule has 96 valence electrons. The molecule has 0 aliphatic carbocycles. The Hall–Kier alpha value is -1.42. The van der Waals surface area contributed by atoms with Gasteiger partial charge in [-0.25, -0.2) is 9.37 Å². The second-order valence-corrected chi connectivity index (χ2v) is 5.04. The van der Waals surface area contributed by atoms with E-state index in [1.807, 2.05) is 0 Å². The quantitative estimate of drug-likeness (QED) is 0.884. The van der Waals surface area contributed by atoms with Crippen LogP contribution < -0.4 is 0 Å². The Labute approximate surface area is 106 Å². The number of likely N-dealkylation sites (tertiary alicyclic amines) is 1. The van der Waals surface area contributed by atoms with Crippen molar-refractivity contribution in [2.45, 2.75) is 32.2 Å². The van der Waals surface area contributed by atoms with Crippen molar-refractivity contribution in [3.63, 3.8) is 0 Å². The molecule has 1 saturated heterocycles. The summed E-state index contributed by atoms with van der Waals surface area (Å²) in [6.07, 6.45) is 5.22. The molecule has 1 aliphatic heterocycles. The first-order valence-corrected chi connectivity index (χ1v) is 6.68. The van der Waals surface area contributed by atoms with Gasteiger partial charge in [-0.3, -0.25) is 4.90 Å². The average Bonchev–Trinajstić information content (AvgIpc) is 2.57. The lowest BCUT2D eigenvalue weighted by Gasteiger charge is -2.17. The van der Waals surface area contributed by atoms with Crippen LogP contribution in [0.4, 0.5) is 4.39 Å². The molecule has 2 aromatic rings. The summed E-state index contributed by atoms with van der Waals surface area (Å²) in [6, 6.07) is 4.69. The van der Waals surface area contributed by atoms with Crippen molar-refractivity contribution in [1.82, 2.24) is 14.9 Å². The SMILES string of the molecule is Fc1ccc2nc(CN3CCCCCC3)[nH]c2c1. The number of hydrogen-bond donors (Lipinski definition) is 1. The van der Waals surface area contributed by atoms with Crippen molar-refractivity contribution in [3.8, 4) is 0 Å². The van der Waals surface area contributed by atoms with E-state index in [4.69, 9.17) is 0 Å². The number of halogens is 1. The van der Waals surface area contributed by atoms with Gasteiger partial charge in [-0.1, -0.05) is 12.8 Å². The second-order valence-electron chi connectivity index (χ2n) is 5.04. The summed E-state index contributed by atoms with van der Waals surface area (Å²) >= 11 is 0. The number of H-pyrrole nitrogens is 1. The molecule has 18 heavy (non-hydrogen) atoms. The second kappa shape index (κ2) is 5.06. The Balaban J connectivity index is 1.77. The molecule has 2 heterocycles. The van der Waals surface area contributed by atoms with Crippen LogP contribution >= 0.6 is 0 Å². The van der Waals surface area contributed by atoms with Crippen molar-refractivity contribution >= 4 is 11.0 Å². The fourth-order valence-electron chi connectivity index (χ4n) is 2.62. The highest BCUT2D eigenvalue weighted by Crippen LogP contribution is 2.16. The lowest BCUT2D eigenvalue weighted by molar-refractivity contribution is 0.271. The molecule has 1 aromatic carbocycles. The average molecular weight is 247 g/mol. The Morgan fingerprint density at radius 3 is 2.72 bits per heavy atom. The van der Waals surface area contributed by atoms with Crippen molar-refractivity contribution in [3.05, 3.63) is 29.8 Å². The summed E-state index contributed by atoms with van der Waals surface area (Å²) < 4.78 is 13.1. The molecule has 0 saturated carbocycles.